The molecule has 0 unspecified atom stereocenters. The van der Waals surface area contributed by atoms with E-state index < -0.39 is 6.09 Å². The molecule has 27 heavy (non-hydrogen) atoms. The Morgan fingerprint density at radius 1 is 1.19 bits per heavy atom. The normalized spacial score (nSPS) is 10.3. The van der Waals surface area contributed by atoms with Gasteiger partial charge in [-0.1, -0.05) is 41.9 Å². The number of nitrogens with zero attached hydrogens (tertiary/aromatic N) is 1. The third-order valence-electron chi connectivity index (χ3n) is 3.83. The summed E-state index contributed by atoms with van der Waals surface area (Å²) < 4.78 is 10.2. The lowest BCUT2D eigenvalue weighted by Crippen LogP contribution is -2.13. The van der Waals surface area contributed by atoms with Crippen LogP contribution in [-0.4, -0.2) is 23.3 Å². The summed E-state index contributed by atoms with van der Waals surface area (Å²) in [4.78, 5) is 16.1. The highest BCUT2D eigenvalue weighted by Crippen LogP contribution is 2.35. The molecular formula is C20H17ClN2O4. The number of carbonyl (C=O) groups is 1. The Labute approximate surface area is 161 Å². The van der Waals surface area contributed by atoms with Gasteiger partial charge in [0, 0.05) is 18.5 Å². The molecule has 6 nitrogen and oxygen atoms in total. The van der Waals surface area contributed by atoms with Gasteiger partial charge in [0.1, 0.15) is 18.1 Å². The van der Waals surface area contributed by atoms with Crippen LogP contribution in [0.25, 0.3) is 11.1 Å². The van der Waals surface area contributed by atoms with Gasteiger partial charge in [0.05, 0.1) is 17.8 Å². The first-order valence-electron chi connectivity index (χ1n) is 8.06. The van der Waals surface area contributed by atoms with E-state index in [4.69, 9.17) is 21.1 Å². The first kappa shape index (κ1) is 18.5. The van der Waals surface area contributed by atoms with Crippen LogP contribution in [0.3, 0.4) is 0 Å². The van der Waals surface area contributed by atoms with E-state index in [2.05, 4.69) is 10.3 Å². The summed E-state index contributed by atoms with van der Waals surface area (Å²) in [7, 11) is 1.43. The fourth-order valence-corrected chi connectivity index (χ4v) is 2.66. The maximum Gasteiger partial charge on any atom is 0.412 e. The molecular weight excluding hydrogens is 368 g/mol. The number of methoxy groups -OCH3 is 1. The molecule has 0 saturated carbocycles. The van der Waals surface area contributed by atoms with Gasteiger partial charge >= 0.3 is 6.09 Å². The Morgan fingerprint density at radius 3 is 2.63 bits per heavy atom. The fraction of sp³-hybridized carbons (Fsp3) is 0.100. The van der Waals surface area contributed by atoms with Gasteiger partial charge < -0.3 is 14.6 Å². The summed E-state index contributed by atoms with van der Waals surface area (Å²) in [5, 5.41) is 12.6. The van der Waals surface area contributed by atoms with Crippen LogP contribution in [0.1, 0.15) is 5.56 Å². The number of rotatable bonds is 5. The summed E-state index contributed by atoms with van der Waals surface area (Å²) in [6.07, 6.45) is 2.80. The molecule has 0 atom stereocenters. The van der Waals surface area contributed by atoms with Gasteiger partial charge in [-0.25, -0.2) is 4.79 Å². The molecule has 0 aliphatic rings. The molecule has 0 aliphatic carbocycles. The van der Waals surface area contributed by atoms with Gasteiger partial charge in [0.25, 0.3) is 0 Å². The standard InChI is InChI=1S/C20H17ClN2O4/c1-26-19-10-18(24)17(9-16(19)21)23-20(25)27-12-13-4-6-14(7-5-13)15-3-2-8-22-11-15/h2-11,24H,12H2,1H3,(H,23,25). The van der Waals surface area contributed by atoms with Gasteiger partial charge in [-0.3, -0.25) is 10.3 Å². The van der Waals surface area contributed by atoms with Crippen LogP contribution >= 0.6 is 11.6 Å². The number of halogens is 1. The second-order valence-corrected chi connectivity index (χ2v) is 6.05. The SMILES string of the molecule is COc1cc(O)c(NC(=O)OCc2ccc(-c3cccnc3)cc2)cc1Cl. The number of ether oxygens (including phenoxy) is 2. The summed E-state index contributed by atoms with van der Waals surface area (Å²) in [6.45, 7) is 0.0871. The number of aromatic nitrogens is 1. The van der Waals surface area contributed by atoms with Crippen LogP contribution in [0.2, 0.25) is 5.02 Å². The van der Waals surface area contributed by atoms with E-state index in [1.807, 2.05) is 36.4 Å². The monoisotopic (exact) mass is 384 g/mol. The number of anilines is 1. The molecule has 2 N–H and O–H groups in total. The van der Waals surface area contributed by atoms with Gasteiger partial charge in [-0.05, 0) is 28.8 Å². The minimum absolute atomic E-state index is 0.0871. The third-order valence-corrected chi connectivity index (χ3v) is 4.12. The van der Waals surface area contributed by atoms with E-state index in [-0.39, 0.29) is 23.1 Å². The Hall–Kier alpha value is -3.25. The van der Waals surface area contributed by atoms with Crippen molar-refractivity contribution in [1.29, 1.82) is 0 Å². The van der Waals surface area contributed by atoms with E-state index in [0.29, 0.717) is 5.75 Å². The Bertz CT molecular complexity index is 931. The molecule has 7 heteroatoms. The van der Waals surface area contributed by atoms with Gasteiger partial charge in [0.2, 0.25) is 0 Å². The van der Waals surface area contributed by atoms with Crippen molar-refractivity contribution in [3.05, 3.63) is 71.5 Å². The number of pyridine rings is 1. The lowest BCUT2D eigenvalue weighted by atomic mass is 10.1. The number of hydrogen-bond donors (Lipinski definition) is 2. The quantitative estimate of drug-likeness (QED) is 0.613. The zero-order chi connectivity index (χ0) is 19.2. The van der Waals surface area contributed by atoms with Crippen LogP contribution < -0.4 is 10.1 Å². The molecule has 3 rings (SSSR count). The highest BCUT2D eigenvalue weighted by molar-refractivity contribution is 6.32. The first-order chi connectivity index (χ1) is 13.1. The van der Waals surface area contributed by atoms with E-state index >= 15 is 0 Å². The molecule has 0 fully saturated rings. The number of amides is 1. The van der Waals surface area contributed by atoms with E-state index in [1.54, 1.807) is 12.4 Å². The smallest absolute Gasteiger partial charge is 0.412 e. The predicted octanol–water partition coefficient (Wildman–Crippen LogP) is 4.86. The number of phenols is 1. The largest absolute Gasteiger partial charge is 0.506 e. The highest BCUT2D eigenvalue weighted by atomic mass is 35.5. The predicted molar refractivity (Wildman–Crippen MR) is 103 cm³/mol. The summed E-state index contributed by atoms with van der Waals surface area (Å²) >= 11 is 5.99. The number of carbonyl (C=O) groups excluding carboxylic acids is 1. The van der Waals surface area contributed by atoms with Crippen molar-refractivity contribution in [1.82, 2.24) is 4.98 Å². The summed E-state index contributed by atoms with van der Waals surface area (Å²) in [6, 6.07) is 14.2. The molecule has 0 bridgehead atoms. The van der Waals surface area contributed by atoms with Crippen molar-refractivity contribution in [2.24, 2.45) is 0 Å². The summed E-state index contributed by atoms with van der Waals surface area (Å²) in [5.74, 6) is 0.135. The molecule has 1 heterocycles. The molecule has 1 amide bonds. The van der Waals surface area contributed by atoms with Gasteiger partial charge in [-0.2, -0.15) is 0 Å². The average molecular weight is 385 g/mol. The fourth-order valence-electron chi connectivity index (χ4n) is 2.42. The molecule has 138 valence electrons. The molecule has 1 aromatic heterocycles. The first-order valence-corrected chi connectivity index (χ1v) is 8.44. The average Bonchev–Trinajstić information content (AvgIpc) is 2.70. The van der Waals surface area contributed by atoms with Crippen LogP contribution in [0.5, 0.6) is 11.5 Å². The number of hydrogen-bond acceptors (Lipinski definition) is 5. The molecule has 0 radical (unpaired) electrons. The van der Waals surface area contributed by atoms with E-state index in [9.17, 15) is 9.90 Å². The second-order valence-electron chi connectivity index (χ2n) is 5.64. The van der Waals surface area contributed by atoms with Gasteiger partial charge in [-0.15, -0.1) is 0 Å². The summed E-state index contributed by atoms with van der Waals surface area (Å²) in [5.41, 5.74) is 3.00. The van der Waals surface area contributed by atoms with Crippen molar-refractivity contribution >= 4 is 23.4 Å². The van der Waals surface area contributed by atoms with E-state index in [1.165, 1.54) is 19.2 Å². The van der Waals surface area contributed by atoms with Crippen LogP contribution in [-0.2, 0) is 11.3 Å². The van der Waals surface area contributed by atoms with Crippen molar-refractivity contribution in [3.8, 4) is 22.6 Å². The van der Waals surface area contributed by atoms with Crippen LogP contribution in [0.15, 0.2) is 60.9 Å². The molecule has 2 aromatic carbocycles. The zero-order valence-electron chi connectivity index (χ0n) is 14.5. The number of aromatic hydroxyl groups is 1. The Kier molecular flexibility index (Phi) is 5.78. The van der Waals surface area contributed by atoms with Crippen molar-refractivity contribution < 1.29 is 19.4 Å². The zero-order valence-corrected chi connectivity index (χ0v) is 15.2. The number of benzene rings is 2. The van der Waals surface area contributed by atoms with E-state index in [0.717, 1.165) is 16.7 Å². The number of phenolic OH excluding ortho intramolecular Hbond substituents is 1. The van der Waals surface area contributed by atoms with Crippen LogP contribution in [0.4, 0.5) is 10.5 Å². The highest BCUT2D eigenvalue weighted by Gasteiger charge is 2.12. The van der Waals surface area contributed by atoms with Crippen molar-refractivity contribution in [3.63, 3.8) is 0 Å². The van der Waals surface area contributed by atoms with Gasteiger partial charge in [0.15, 0.2) is 0 Å². The molecule has 3 aromatic rings. The third kappa shape index (κ3) is 4.68. The maximum absolute atomic E-state index is 12.0. The lowest BCUT2D eigenvalue weighted by molar-refractivity contribution is 0.155. The number of nitrogens with one attached hydrogen (secondary N) is 1. The maximum atomic E-state index is 12.0. The second kappa shape index (κ2) is 8.42. The Morgan fingerprint density at radius 2 is 1.96 bits per heavy atom. The Balaban J connectivity index is 1.59. The van der Waals surface area contributed by atoms with Crippen LogP contribution in [0, 0.1) is 0 Å². The molecule has 0 saturated heterocycles. The topological polar surface area (TPSA) is 80.7 Å². The lowest BCUT2D eigenvalue weighted by Gasteiger charge is -2.11. The molecule has 0 spiro atoms. The van der Waals surface area contributed by atoms with Crippen molar-refractivity contribution in [2.45, 2.75) is 6.61 Å². The van der Waals surface area contributed by atoms with Crippen molar-refractivity contribution in [2.75, 3.05) is 12.4 Å². The minimum Gasteiger partial charge on any atom is -0.506 e. The minimum atomic E-state index is -0.706. The molecule has 0 aliphatic heterocycles.